The number of nitrogens with zero attached hydrogens (tertiary/aromatic N) is 5. The third kappa shape index (κ3) is 3.73. The number of benzene rings is 1. The number of hydrogen-bond acceptors (Lipinski definition) is 6. The number of unbranched alkanes of at least 4 members (excludes halogenated alkanes) is 1. The van der Waals surface area contributed by atoms with E-state index >= 15 is 0 Å². The van der Waals surface area contributed by atoms with Crippen molar-refractivity contribution in [3.8, 4) is 0 Å². The van der Waals surface area contributed by atoms with E-state index in [0.717, 1.165) is 42.8 Å². The Hall–Kier alpha value is -2.35. The van der Waals surface area contributed by atoms with E-state index in [1.165, 1.54) is 37.0 Å². The lowest BCUT2D eigenvalue weighted by molar-refractivity contribution is 0.0652. The average molecular weight is 426 g/mol. The van der Waals surface area contributed by atoms with E-state index in [0.29, 0.717) is 23.7 Å². The van der Waals surface area contributed by atoms with Crippen molar-refractivity contribution in [1.29, 1.82) is 0 Å². The Morgan fingerprint density at radius 3 is 2.30 bits per heavy atom. The summed E-state index contributed by atoms with van der Waals surface area (Å²) in [5.74, 6) is 1.63. The summed E-state index contributed by atoms with van der Waals surface area (Å²) in [6, 6.07) is 7.63. The van der Waals surface area contributed by atoms with Gasteiger partial charge in [0, 0.05) is 31.4 Å². The number of rotatable bonds is 8. The van der Waals surface area contributed by atoms with Crippen molar-refractivity contribution in [1.82, 2.24) is 19.7 Å². The number of aromatic nitrogens is 3. The number of carbonyl (C=O) groups is 2. The zero-order chi connectivity index (χ0) is 20.5. The van der Waals surface area contributed by atoms with Crippen LogP contribution in [0, 0.1) is 0 Å². The van der Waals surface area contributed by atoms with Gasteiger partial charge in [-0.15, -0.1) is 10.2 Å². The van der Waals surface area contributed by atoms with Crippen molar-refractivity contribution in [2.45, 2.75) is 56.1 Å². The van der Waals surface area contributed by atoms with Gasteiger partial charge < -0.3 is 4.90 Å². The number of fused-ring (bicyclic) bond motifs is 1. The van der Waals surface area contributed by atoms with Crippen LogP contribution in [0.15, 0.2) is 29.4 Å². The molecule has 0 spiro atoms. The largest absolute Gasteiger partial charge is 0.341 e. The first kappa shape index (κ1) is 19.6. The first-order valence-corrected chi connectivity index (χ1v) is 12.0. The Kier molecular flexibility index (Phi) is 5.50. The lowest BCUT2D eigenvalue weighted by atomic mass is 10.1. The molecule has 0 radical (unpaired) electrons. The normalized spacial score (nSPS) is 18.9. The highest BCUT2D eigenvalue weighted by Gasteiger charge is 2.34. The molecular weight excluding hydrogens is 398 g/mol. The van der Waals surface area contributed by atoms with Crippen molar-refractivity contribution in [2.24, 2.45) is 0 Å². The quantitative estimate of drug-likeness (QED) is 0.364. The second kappa shape index (κ2) is 8.41. The number of thioether (sulfide) groups is 1. The van der Waals surface area contributed by atoms with Crippen LogP contribution in [0.25, 0.3) is 0 Å². The summed E-state index contributed by atoms with van der Waals surface area (Å²) in [6.07, 6.45) is 7.93. The van der Waals surface area contributed by atoms with Gasteiger partial charge in [-0.25, -0.2) is 0 Å². The van der Waals surface area contributed by atoms with Crippen LogP contribution in [0.2, 0.25) is 0 Å². The molecule has 158 valence electrons. The molecule has 1 saturated carbocycles. The molecule has 2 fully saturated rings. The van der Waals surface area contributed by atoms with E-state index in [9.17, 15) is 9.59 Å². The number of hydrogen-bond donors (Lipinski definition) is 0. The Balaban J connectivity index is 1.14. The lowest BCUT2D eigenvalue weighted by Crippen LogP contribution is -2.32. The van der Waals surface area contributed by atoms with Gasteiger partial charge in [-0.05, 0) is 57.1 Å². The molecule has 0 unspecified atom stereocenters. The minimum absolute atomic E-state index is 0.164. The second-order valence-electron chi connectivity index (χ2n) is 8.29. The molecule has 30 heavy (non-hydrogen) atoms. The first-order valence-electron chi connectivity index (χ1n) is 11.0. The Labute approximate surface area is 180 Å². The summed E-state index contributed by atoms with van der Waals surface area (Å²) >= 11 is 1.75. The fraction of sp³-hybridized carbons (Fsp3) is 0.545. The summed E-state index contributed by atoms with van der Waals surface area (Å²) in [6.45, 7) is 2.63. The minimum atomic E-state index is -0.164. The average Bonchev–Trinajstić information content (AvgIpc) is 3.49. The van der Waals surface area contributed by atoms with Gasteiger partial charge in [0.1, 0.15) is 0 Å². The van der Waals surface area contributed by atoms with Crippen molar-refractivity contribution < 1.29 is 9.59 Å². The summed E-state index contributed by atoms with van der Waals surface area (Å²) in [5, 5.41) is 10.0. The van der Waals surface area contributed by atoms with E-state index in [1.807, 2.05) is 0 Å². The van der Waals surface area contributed by atoms with Gasteiger partial charge in [-0.3, -0.25) is 19.1 Å². The molecule has 1 aromatic heterocycles. The number of piperidine rings is 1. The Bertz CT molecular complexity index is 914. The fourth-order valence-corrected chi connectivity index (χ4v) is 5.31. The van der Waals surface area contributed by atoms with Gasteiger partial charge in [-0.2, -0.15) is 0 Å². The molecule has 0 atom stereocenters. The van der Waals surface area contributed by atoms with Gasteiger partial charge in [0.05, 0.1) is 11.1 Å². The van der Waals surface area contributed by atoms with Crippen molar-refractivity contribution in [3.63, 3.8) is 0 Å². The summed E-state index contributed by atoms with van der Waals surface area (Å²) < 4.78 is 2.35. The monoisotopic (exact) mass is 425 g/mol. The molecule has 7 nitrogen and oxygen atoms in total. The maximum absolute atomic E-state index is 12.4. The molecule has 2 aliphatic heterocycles. The van der Waals surface area contributed by atoms with E-state index < -0.39 is 0 Å². The number of imide groups is 1. The molecule has 0 N–H and O–H groups in total. The zero-order valence-corrected chi connectivity index (χ0v) is 17.9. The molecule has 1 aliphatic carbocycles. The molecule has 2 aromatic rings. The molecular formula is C22H27N5O2S. The van der Waals surface area contributed by atoms with Crippen molar-refractivity contribution in [2.75, 3.05) is 30.3 Å². The van der Waals surface area contributed by atoms with Crippen LogP contribution in [-0.4, -0.2) is 56.9 Å². The van der Waals surface area contributed by atoms with E-state index in [2.05, 4.69) is 19.7 Å². The van der Waals surface area contributed by atoms with Gasteiger partial charge in [0.2, 0.25) is 5.95 Å². The number of anilines is 1. The zero-order valence-electron chi connectivity index (χ0n) is 17.1. The molecule has 1 aromatic carbocycles. The van der Waals surface area contributed by atoms with Crippen LogP contribution >= 0.6 is 11.8 Å². The van der Waals surface area contributed by atoms with E-state index in [1.54, 1.807) is 36.0 Å². The third-order valence-corrected chi connectivity index (χ3v) is 7.11. The predicted octanol–water partition coefficient (Wildman–Crippen LogP) is 3.77. The number of amides is 2. The van der Waals surface area contributed by atoms with Crippen LogP contribution in [0.1, 0.15) is 71.7 Å². The highest BCUT2D eigenvalue weighted by molar-refractivity contribution is 7.99. The fourth-order valence-electron chi connectivity index (χ4n) is 4.31. The van der Waals surface area contributed by atoms with Crippen molar-refractivity contribution in [3.05, 3.63) is 35.4 Å². The Morgan fingerprint density at radius 2 is 1.63 bits per heavy atom. The van der Waals surface area contributed by atoms with Crippen LogP contribution in [-0.2, 0) is 0 Å². The molecule has 2 amide bonds. The third-order valence-electron chi connectivity index (χ3n) is 6.08. The van der Waals surface area contributed by atoms with Crippen LogP contribution in [0.3, 0.4) is 0 Å². The molecule has 0 bridgehead atoms. The highest BCUT2D eigenvalue weighted by atomic mass is 32.2. The smallest absolute Gasteiger partial charge is 0.261 e. The molecule has 5 rings (SSSR count). The summed E-state index contributed by atoms with van der Waals surface area (Å²) in [7, 11) is 0. The minimum Gasteiger partial charge on any atom is -0.341 e. The molecule has 8 heteroatoms. The summed E-state index contributed by atoms with van der Waals surface area (Å²) in [4.78, 5) is 28.7. The first-order chi connectivity index (χ1) is 14.7. The van der Waals surface area contributed by atoms with Crippen molar-refractivity contribution >= 4 is 29.5 Å². The highest BCUT2D eigenvalue weighted by Crippen LogP contribution is 2.41. The predicted molar refractivity (Wildman–Crippen MR) is 116 cm³/mol. The summed E-state index contributed by atoms with van der Waals surface area (Å²) in [5.41, 5.74) is 1.05. The van der Waals surface area contributed by atoms with Gasteiger partial charge in [0.15, 0.2) is 5.16 Å². The molecule has 3 aliphatic rings. The maximum atomic E-state index is 12.4. The second-order valence-corrected chi connectivity index (χ2v) is 9.36. The van der Waals surface area contributed by atoms with Gasteiger partial charge >= 0.3 is 0 Å². The lowest BCUT2D eigenvalue weighted by Gasteiger charge is -2.27. The molecule has 1 saturated heterocycles. The Morgan fingerprint density at radius 1 is 0.933 bits per heavy atom. The SMILES string of the molecule is O=C1c2ccccc2C(=O)N1CCCCSc1nnc(N2CCCCC2)n1C1CC1. The standard InChI is InChI=1S/C22H27N5O2S/c28-19-17-8-2-3-9-18(17)20(29)26(19)14-6-7-15-30-22-24-23-21(27(22)16-10-11-16)25-12-4-1-5-13-25/h2-3,8-9,16H,1,4-7,10-15H2. The molecule has 3 heterocycles. The van der Waals surface area contributed by atoms with Crippen LogP contribution in [0.5, 0.6) is 0 Å². The maximum Gasteiger partial charge on any atom is 0.261 e. The van der Waals surface area contributed by atoms with Crippen LogP contribution < -0.4 is 4.90 Å². The van der Waals surface area contributed by atoms with E-state index in [4.69, 9.17) is 0 Å². The van der Waals surface area contributed by atoms with Gasteiger partial charge in [0.25, 0.3) is 11.8 Å². The number of carbonyl (C=O) groups excluding carboxylic acids is 2. The van der Waals surface area contributed by atoms with E-state index in [-0.39, 0.29) is 11.8 Å². The van der Waals surface area contributed by atoms with Gasteiger partial charge in [-0.1, -0.05) is 23.9 Å². The van der Waals surface area contributed by atoms with Crippen LogP contribution in [0.4, 0.5) is 5.95 Å². The topological polar surface area (TPSA) is 71.3 Å².